The van der Waals surface area contributed by atoms with Crippen molar-refractivity contribution >= 4 is 12.0 Å². The highest BCUT2D eigenvalue weighted by Crippen LogP contribution is 2.40. The monoisotopic (exact) mass is 591 g/mol. The second-order valence-corrected chi connectivity index (χ2v) is 9.17. The minimum atomic E-state index is -5.11. The SMILES string of the molecule is CCOC(=O)C(c1ccc(-c2ccc(C(F)(F)F)cc2C(F)(F)F)nn1)N1C=Cc2[nH]c(-c3ccccc3F)nc2C1. The Bertz CT molecular complexity index is 1650. The molecular weight excluding hydrogens is 571 g/mol. The summed E-state index contributed by atoms with van der Waals surface area (Å²) in [5, 5.41) is 7.77. The average Bonchev–Trinajstić information content (AvgIpc) is 3.36. The zero-order chi connectivity index (χ0) is 30.2. The number of nitrogens with zero attached hydrogens (tertiary/aromatic N) is 4. The van der Waals surface area contributed by atoms with Gasteiger partial charge in [0.05, 0.1) is 52.6 Å². The normalized spacial score (nSPS) is 14.0. The van der Waals surface area contributed by atoms with E-state index in [-0.39, 0.29) is 42.0 Å². The van der Waals surface area contributed by atoms with Gasteiger partial charge in [-0.3, -0.25) is 0 Å². The molecule has 1 unspecified atom stereocenters. The number of nitrogens with one attached hydrogen (secondary N) is 1. The molecule has 1 atom stereocenters. The molecule has 7 nitrogen and oxygen atoms in total. The maximum Gasteiger partial charge on any atom is 0.417 e. The number of esters is 1. The highest BCUT2D eigenvalue weighted by atomic mass is 19.4. The molecule has 4 aromatic rings. The Morgan fingerprint density at radius 3 is 2.40 bits per heavy atom. The summed E-state index contributed by atoms with van der Waals surface area (Å²) in [5.41, 5.74) is -2.63. The molecule has 1 aliphatic rings. The lowest BCUT2D eigenvalue weighted by atomic mass is 10.00. The average molecular weight is 591 g/mol. The zero-order valence-electron chi connectivity index (χ0n) is 21.6. The van der Waals surface area contributed by atoms with Crippen LogP contribution in [0.4, 0.5) is 30.7 Å². The first-order valence-electron chi connectivity index (χ1n) is 12.4. The van der Waals surface area contributed by atoms with Crippen molar-refractivity contribution in [2.45, 2.75) is 31.9 Å². The molecule has 1 N–H and O–H groups in total. The Labute approximate surface area is 233 Å². The highest BCUT2D eigenvalue weighted by molar-refractivity contribution is 5.78. The van der Waals surface area contributed by atoms with Crippen molar-refractivity contribution in [2.24, 2.45) is 0 Å². The first kappa shape index (κ1) is 28.8. The summed E-state index contributed by atoms with van der Waals surface area (Å²) < 4.78 is 99.7. The predicted molar refractivity (Wildman–Crippen MR) is 135 cm³/mol. The Morgan fingerprint density at radius 1 is 1.00 bits per heavy atom. The fraction of sp³-hybridized carbons (Fsp3) is 0.214. The van der Waals surface area contributed by atoms with Crippen molar-refractivity contribution in [1.29, 1.82) is 0 Å². The minimum absolute atomic E-state index is 0.00985. The maximum atomic E-state index is 14.3. The summed E-state index contributed by atoms with van der Waals surface area (Å²) in [6, 6.07) is 8.46. The number of imidazole rings is 1. The Balaban J connectivity index is 1.47. The summed E-state index contributed by atoms with van der Waals surface area (Å²) in [4.78, 5) is 22.0. The van der Waals surface area contributed by atoms with Gasteiger partial charge >= 0.3 is 18.3 Å². The van der Waals surface area contributed by atoms with Crippen LogP contribution in [0.25, 0.3) is 28.7 Å². The largest absolute Gasteiger partial charge is 0.464 e. The molecule has 14 heteroatoms. The van der Waals surface area contributed by atoms with Gasteiger partial charge in [-0.25, -0.2) is 14.2 Å². The van der Waals surface area contributed by atoms with Gasteiger partial charge in [0.2, 0.25) is 0 Å². The van der Waals surface area contributed by atoms with Gasteiger partial charge in [0.1, 0.15) is 11.6 Å². The minimum Gasteiger partial charge on any atom is -0.464 e. The van der Waals surface area contributed by atoms with E-state index in [0.29, 0.717) is 23.5 Å². The summed E-state index contributed by atoms with van der Waals surface area (Å²) in [5.74, 6) is -0.938. The molecule has 3 heterocycles. The van der Waals surface area contributed by atoms with Gasteiger partial charge in [-0.2, -0.15) is 36.5 Å². The van der Waals surface area contributed by atoms with E-state index in [1.807, 2.05) is 0 Å². The third-order valence-electron chi connectivity index (χ3n) is 6.44. The predicted octanol–water partition coefficient (Wildman–Crippen LogP) is 6.80. The second kappa shape index (κ2) is 10.9. The number of halogens is 7. The van der Waals surface area contributed by atoms with Gasteiger partial charge in [0.15, 0.2) is 6.04 Å². The van der Waals surface area contributed by atoms with Crippen LogP contribution in [0.3, 0.4) is 0 Å². The number of hydrogen-bond donors (Lipinski definition) is 1. The zero-order valence-corrected chi connectivity index (χ0v) is 21.6. The quantitative estimate of drug-likeness (QED) is 0.196. The molecule has 0 spiro atoms. The van der Waals surface area contributed by atoms with E-state index in [0.717, 1.165) is 6.07 Å². The lowest BCUT2D eigenvalue weighted by Crippen LogP contribution is -2.33. The van der Waals surface area contributed by atoms with Crippen molar-refractivity contribution < 1.29 is 40.3 Å². The van der Waals surface area contributed by atoms with Gasteiger partial charge in [-0.15, -0.1) is 0 Å². The van der Waals surface area contributed by atoms with E-state index in [4.69, 9.17) is 4.74 Å². The van der Waals surface area contributed by atoms with E-state index in [9.17, 15) is 35.5 Å². The number of aromatic amines is 1. The number of alkyl halides is 6. The number of rotatable bonds is 6. The number of benzene rings is 2. The second-order valence-electron chi connectivity index (χ2n) is 9.17. The molecule has 0 radical (unpaired) electrons. The third-order valence-corrected chi connectivity index (χ3v) is 6.44. The molecule has 0 amide bonds. The molecule has 5 rings (SSSR count). The van der Waals surface area contributed by atoms with Crippen LogP contribution in [0, 0.1) is 5.82 Å². The van der Waals surface area contributed by atoms with Crippen LogP contribution in [0.2, 0.25) is 0 Å². The molecule has 218 valence electrons. The van der Waals surface area contributed by atoms with E-state index >= 15 is 0 Å². The van der Waals surface area contributed by atoms with Crippen LogP contribution in [0.5, 0.6) is 0 Å². The summed E-state index contributed by atoms with van der Waals surface area (Å²) in [6.45, 7) is 1.66. The molecule has 0 fully saturated rings. The van der Waals surface area contributed by atoms with E-state index in [1.165, 1.54) is 17.0 Å². The fourth-order valence-corrected chi connectivity index (χ4v) is 4.49. The fourth-order valence-electron chi connectivity index (χ4n) is 4.49. The lowest BCUT2D eigenvalue weighted by Gasteiger charge is -2.29. The highest BCUT2D eigenvalue weighted by Gasteiger charge is 2.39. The van der Waals surface area contributed by atoms with Crippen LogP contribution in [0.15, 0.2) is 60.8 Å². The molecule has 0 bridgehead atoms. The number of aromatic nitrogens is 4. The Morgan fingerprint density at radius 2 is 1.76 bits per heavy atom. The lowest BCUT2D eigenvalue weighted by molar-refractivity contribution is -0.149. The summed E-state index contributed by atoms with van der Waals surface area (Å²) >= 11 is 0. The Kier molecular flexibility index (Phi) is 7.47. The number of carbonyl (C=O) groups excluding carboxylic acids is 1. The van der Waals surface area contributed by atoms with E-state index in [2.05, 4.69) is 20.2 Å². The maximum absolute atomic E-state index is 14.3. The molecule has 1 aliphatic heterocycles. The number of ether oxygens (including phenoxy) is 1. The molecule has 0 saturated heterocycles. The summed E-state index contributed by atoms with van der Waals surface area (Å²) in [6.07, 6.45) is -6.92. The van der Waals surface area contributed by atoms with E-state index in [1.54, 1.807) is 37.4 Å². The Hall–Kier alpha value is -4.75. The first-order chi connectivity index (χ1) is 19.9. The third kappa shape index (κ3) is 5.69. The number of fused-ring (bicyclic) bond motifs is 1. The van der Waals surface area contributed by atoms with Gasteiger partial charge in [-0.1, -0.05) is 18.2 Å². The van der Waals surface area contributed by atoms with Gasteiger partial charge in [0, 0.05) is 11.8 Å². The van der Waals surface area contributed by atoms with Crippen molar-refractivity contribution in [3.05, 3.63) is 94.8 Å². The van der Waals surface area contributed by atoms with Gasteiger partial charge in [-0.05, 0) is 49.4 Å². The standard InChI is InChI=1S/C28H20F7N5O2/c1-2-42-26(41)24(40-12-11-21-23(14-40)37-25(36-21)17-5-3-4-6-19(17)29)22-10-9-20(38-39-22)16-8-7-15(27(30,31)32)13-18(16)28(33,34)35/h3-13,24H,2,14H2,1H3,(H,36,37). The van der Waals surface area contributed by atoms with Gasteiger partial charge in [0.25, 0.3) is 0 Å². The van der Waals surface area contributed by atoms with Crippen molar-refractivity contribution in [1.82, 2.24) is 25.1 Å². The molecular formula is C28H20F7N5O2. The number of H-pyrrole nitrogens is 1. The van der Waals surface area contributed by atoms with Crippen molar-refractivity contribution in [2.75, 3.05) is 6.61 Å². The molecule has 0 saturated carbocycles. The van der Waals surface area contributed by atoms with E-state index < -0.39 is 46.9 Å². The van der Waals surface area contributed by atoms with Crippen LogP contribution < -0.4 is 0 Å². The van der Waals surface area contributed by atoms with Crippen LogP contribution >= 0.6 is 0 Å². The van der Waals surface area contributed by atoms with Crippen molar-refractivity contribution in [3.8, 4) is 22.6 Å². The van der Waals surface area contributed by atoms with Crippen molar-refractivity contribution in [3.63, 3.8) is 0 Å². The number of carbonyl (C=O) groups is 1. The summed E-state index contributed by atoms with van der Waals surface area (Å²) in [7, 11) is 0. The molecule has 0 aliphatic carbocycles. The number of hydrogen-bond acceptors (Lipinski definition) is 6. The van der Waals surface area contributed by atoms with Crippen LogP contribution in [-0.2, 0) is 28.4 Å². The van der Waals surface area contributed by atoms with Crippen LogP contribution in [-0.4, -0.2) is 37.6 Å². The topological polar surface area (TPSA) is 84.0 Å². The van der Waals surface area contributed by atoms with Crippen LogP contribution in [0.1, 0.15) is 41.2 Å². The molecule has 2 aromatic heterocycles. The smallest absolute Gasteiger partial charge is 0.417 e. The first-order valence-corrected chi connectivity index (χ1v) is 12.4. The molecule has 2 aromatic carbocycles. The van der Waals surface area contributed by atoms with Gasteiger partial charge < -0.3 is 14.6 Å². The molecule has 42 heavy (non-hydrogen) atoms.